The maximum Gasteiger partial charge on any atom is 0.0689 e. The second-order valence-electron chi connectivity index (χ2n) is 9.34. The second-order valence-corrected chi connectivity index (χ2v) is 9.34. The number of unbranched alkanes of at least 4 members (excludes halogenated alkanes) is 2. The van der Waals surface area contributed by atoms with E-state index in [9.17, 15) is 5.26 Å². The Morgan fingerprint density at radius 2 is 1.48 bits per heavy atom. The first kappa shape index (κ1) is 17.3. The van der Waals surface area contributed by atoms with Crippen LogP contribution in [0.3, 0.4) is 0 Å². The molecule has 0 unspecified atom stereocenters. The van der Waals surface area contributed by atoms with Gasteiger partial charge in [0.05, 0.1) is 11.5 Å². The molecule has 0 N–H and O–H groups in total. The summed E-state index contributed by atoms with van der Waals surface area (Å²) in [5.41, 5.74) is 1.45. The van der Waals surface area contributed by atoms with Gasteiger partial charge in [-0.2, -0.15) is 5.26 Å². The Labute approximate surface area is 144 Å². The first-order chi connectivity index (χ1) is 11.1. The van der Waals surface area contributed by atoms with Crippen molar-refractivity contribution in [1.82, 2.24) is 0 Å². The summed E-state index contributed by atoms with van der Waals surface area (Å²) in [7, 11) is 0. The fourth-order valence-corrected chi connectivity index (χ4v) is 6.35. The van der Waals surface area contributed by atoms with Gasteiger partial charge in [0.1, 0.15) is 0 Å². The van der Waals surface area contributed by atoms with Crippen LogP contribution in [-0.4, -0.2) is 0 Å². The van der Waals surface area contributed by atoms with Crippen molar-refractivity contribution < 1.29 is 0 Å². The van der Waals surface area contributed by atoms with E-state index < -0.39 is 0 Å². The van der Waals surface area contributed by atoms with Crippen LogP contribution in [0.1, 0.15) is 110 Å². The summed E-state index contributed by atoms with van der Waals surface area (Å²) >= 11 is 0. The first-order valence-electron chi connectivity index (χ1n) is 10.5. The highest BCUT2D eigenvalue weighted by Crippen LogP contribution is 2.63. The Bertz CT molecular complexity index is 411. The summed E-state index contributed by atoms with van der Waals surface area (Å²) in [4.78, 5) is 0. The van der Waals surface area contributed by atoms with Crippen LogP contribution in [0.2, 0.25) is 0 Å². The largest absolute Gasteiger partial charge is 0.198 e. The lowest BCUT2D eigenvalue weighted by Crippen LogP contribution is -2.46. The molecule has 0 aromatic carbocycles. The lowest BCUT2D eigenvalue weighted by Gasteiger charge is -2.58. The smallest absolute Gasteiger partial charge is 0.0689 e. The molecular formula is C22H37N. The molecule has 0 aromatic rings. The molecule has 1 heteroatoms. The number of hydrogen-bond acceptors (Lipinski definition) is 1. The number of nitrogens with zero attached hydrogens (tertiary/aromatic N) is 1. The average molecular weight is 316 g/mol. The van der Waals surface area contributed by atoms with Gasteiger partial charge in [-0.25, -0.2) is 0 Å². The molecule has 2 bridgehead atoms. The fraction of sp³-hybridized carbons (Fsp3) is 0.955. The molecule has 0 atom stereocenters. The van der Waals surface area contributed by atoms with Crippen LogP contribution < -0.4 is 0 Å². The quantitative estimate of drug-likeness (QED) is 0.483. The second kappa shape index (κ2) is 6.78. The van der Waals surface area contributed by atoms with Crippen LogP contribution in [0.25, 0.3) is 0 Å². The monoisotopic (exact) mass is 315 g/mol. The van der Waals surface area contributed by atoms with Crippen molar-refractivity contribution in [2.45, 2.75) is 110 Å². The van der Waals surface area contributed by atoms with Crippen LogP contribution in [0.15, 0.2) is 0 Å². The molecular weight excluding hydrogens is 278 g/mol. The summed E-state index contributed by atoms with van der Waals surface area (Å²) in [5.74, 6) is 0.935. The van der Waals surface area contributed by atoms with Crippen molar-refractivity contribution in [1.29, 1.82) is 5.26 Å². The standard InChI is InChI=1S/C22H37N/c1-3-5-6-9-21(18-23)10-7-19(8-11-21)22-15-12-20(4-2,13-16-22)14-17-22/h19H,3-17H2,1-2H3. The molecule has 0 radical (unpaired) electrons. The van der Waals surface area contributed by atoms with Gasteiger partial charge in [-0.3, -0.25) is 0 Å². The zero-order chi connectivity index (χ0) is 16.4. The molecule has 4 saturated carbocycles. The lowest BCUT2D eigenvalue weighted by molar-refractivity contribution is -0.0664. The summed E-state index contributed by atoms with van der Waals surface area (Å²) < 4.78 is 0. The third-order valence-corrected chi connectivity index (χ3v) is 8.51. The van der Waals surface area contributed by atoms with Gasteiger partial charge >= 0.3 is 0 Å². The summed E-state index contributed by atoms with van der Waals surface area (Å²) in [5, 5.41) is 9.78. The minimum absolute atomic E-state index is 0.0405. The van der Waals surface area contributed by atoms with E-state index in [0.717, 1.165) is 17.8 Å². The van der Waals surface area contributed by atoms with Gasteiger partial charge in [-0.05, 0) is 87.4 Å². The Morgan fingerprint density at radius 3 is 1.96 bits per heavy atom. The van der Waals surface area contributed by atoms with Gasteiger partial charge < -0.3 is 0 Å². The number of fused-ring (bicyclic) bond motifs is 3. The van der Waals surface area contributed by atoms with Crippen LogP contribution in [0.5, 0.6) is 0 Å². The first-order valence-corrected chi connectivity index (χ1v) is 10.5. The van der Waals surface area contributed by atoms with E-state index in [1.54, 1.807) is 0 Å². The molecule has 0 amide bonds. The number of hydrogen-bond donors (Lipinski definition) is 0. The highest BCUT2D eigenvalue weighted by Gasteiger charge is 2.52. The van der Waals surface area contributed by atoms with Gasteiger partial charge in [-0.15, -0.1) is 0 Å². The van der Waals surface area contributed by atoms with Gasteiger partial charge in [0, 0.05) is 0 Å². The van der Waals surface area contributed by atoms with Crippen molar-refractivity contribution in [3.63, 3.8) is 0 Å². The summed E-state index contributed by atoms with van der Waals surface area (Å²) in [6.45, 7) is 4.67. The van der Waals surface area contributed by atoms with E-state index in [4.69, 9.17) is 0 Å². The van der Waals surface area contributed by atoms with Gasteiger partial charge in [0.15, 0.2) is 0 Å². The number of rotatable bonds is 6. The van der Waals surface area contributed by atoms with E-state index in [2.05, 4.69) is 19.9 Å². The zero-order valence-electron chi connectivity index (χ0n) is 15.6. The molecule has 0 saturated heterocycles. The van der Waals surface area contributed by atoms with Gasteiger partial charge in [-0.1, -0.05) is 39.5 Å². The maximum atomic E-state index is 9.78. The SMILES string of the molecule is CCCCCC1(C#N)CCC(C23CCC(CC)(CC2)CC3)CC1. The molecule has 4 rings (SSSR count). The summed E-state index contributed by atoms with van der Waals surface area (Å²) in [6, 6.07) is 2.76. The normalized spacial score (nSPS) is 43.3. The fourth-order valence-electron chi connectivity index (χ4n) is 6.35. The van der Waals surface area contributed by atoms with Gasteiger partial charge in [0.25, 0.3) is 0 Å². The van der Waals surface area contributed by atoms with E-state index in [1.807, 2.05) is 0 Å². The molecule has 4 aliphatic rings. The minimum Gasteiger partial charge on any atom is -0.198 e. The Balaban J connectivity index is 1.58. The predicted molar refractivity (Wildman–Crippen MR) is 97.0 cm³/mol. The highest BCUT2D eigenvalue weighted by molar-refractivity contribution is 5.07. The topological polar surface area (TPSA) is 23.8 Å². The molecule has 4 fully saturated rings. The van der Waals surface area contributed by atoms with Crippen LogP contribution in [-0.2, 0) is 0 Å². The third kappa shape index (κ3) is 3.20. The van der Waals surface area contributed by atoms with Crippen molar-refractivity contribution >= 4 is 0 Å². The summed E-state index contributed by atoms with van der Waals surface area (Å²) in [6.07, 6.45) is 20.5. The zero-order valence-corrected chi connectivity index (χ0v) is 15.6. The van der Waals surface area contributed by atoms with Crippen LogP contribution >= 0.6 is 0 Å². The van der Waals surface area contributed by atoms with Crippen molar-refractivity contribution in [3.8, 4) is 6.07 Å². The molecule has 23 heavy (non-hydrogen) atoms. The van der Waals surface area contributed by atoms with Crippen LogP contribution in [0.4, 0.5) is 0 Å². The minimum atomic E-state index is 0.0405. The molecule has 0 heterocycles. The molecule has 4 aliphatic carbocycles. The Morgan fingerprint density at radius 1 is 0.870 bits per heavy atom. The van der Waals surface area contributed by atoms with Crippen molar-refractivity contribution in [3.05, 3.63) is 0 Å². The van der Waals surface area contributed by atoms with E-state index in [-0.39, 0.29) is 5.41 Å². The van der Waals surface area contributed by atoms with Crippen molar-refractivity contribution in [2.75, 3.05) is 0 Å². The van der Waals surface area contributed by atoms with E-state index >= 15 is 0 Å². The predicted octanol–water partition coefficient (Wildman–Crippen LogP) is 7.02. The molecule has 0 aliphatic heterocycles. The molecule has 130 valence electrons. The van der Waals surface area contributed by atoms with Gasteiger partial charge in [0.2, 0.25) is 0 Å². The number of nitriles is 1. The van der Waals surface area contributed by atoms with Crippen molar-refractivity contribution in [2.24, 2.45) is 22.2 Å². The highest BCUT2D eigenvalue weighted by atomic mass is 14.6. The van der Waals surface area contributed by atoms with Crippen LogP contribution in [0, 0.1) is 33.5 Å². The lowest BCUT2D eigenvalue weighted by atomic mass is 9.47. The van der Waals surface area contributed by atoms with E-state index in [0.29, 0.717) is 5.41 Å². The maximum absolute atomic E-state index is 9.78. The van der Waals surface area contributed by atoms with E-state index in [1.165, 1.54) is 89.9 Å². The molecule has 0 aromatic heterocycles. The average Bonchev–Trinajstić information content (AvgIpc) is 2.64. The molecule has 0 spiro atoms. The molecule has 1 nitrogen and oxygen atoms in total. The Kier molecular flexibility index (Phi) is 5.10. The Hall–Kier alpha value is -0.510. The third-order valence-electron chi connectivity index (χ3n) is 8.51.